The van der Waals surface area contributed by atoms with Crippen molar-refractivity contribution in [1.82, 2.24) is 0 Å². The Bertz CT molecular complexity index is 3940. The fourth-order valence-electron chi connectivity index (χ4n) is 10.6. The van der Waals surface area contributed by atoms with Crippen LogP contribution in [0.4, 0.5) is 0 Å². The molecule has 0 amide bonds. The van der Waals surface area contributed by atoms with Crippen LogP contribution in [0.3, 0.4) is 0 Å². The van der Waals surface area contributed by atoms with E-state index in [-0.39, 0.29) is 0 Å². The van der Waals surface area contributed by atoms with Gasteiger partial charge in [-0.05, 0) is 155 Å². The Kier molecular flexibility index (Phi) is 8.32. The summed E-state index contributed by atoms with van der Waals surface area (Å²) in [6.45, 7) is 0. The average molecular weight is 809 g/mol. The minimum Gasteiger partial charge on any atom is -0.0616 e. The van der Waals surface area contributed by atoms with E-state index in [0.717, 1.165) is 0 Å². The zero-order chi connectivity index (χ0) is 42.1. The smallest absolute Gasteiger partial charge is 0.00201 e. The highest BCUT2D eigenvalue weighted by atomic mass is 14.2. The molecule has 0 N–H and O–H groups in total. The van der Waals surface area contributed by atoms with Crippen molar-refractivity contribution in [3.63, 3.8) is 0 Å². The molecule has 13 rings (SSSR count). The van der Waals surface area contributed by atoms with Gasteiger partial charge in [0.25, 0.3) is 0 Å². The van der Waals surface area contributed by atoms with E-state index < -0.39 is 0 Å². The largest absolute Gasteiger partial charge is 0.0616 e. The van der Waals surface area contributed by atoms with Gasteiger partial charge in [0.2, 0.25) is 0 Å². The SMILES string of the molecule is c1ccc2cc(-c3ccc(-c4c5ccccc5c(-c5ccc6c(-c7ccc8ccccc8c7)c(-c7ccc8ccccc8c7)c7ccccc7c6c5)c5ccccc45)cc3)ccc2c1. The average Bonchev–Trinajstić information content (AvgIpc) is 3.37. The monoisotopic (exact) mass is 808 g/mol. The first-order valence-electron chi connectivity index (χ1n) is 22.2. The number of rotatable bonds is 5. The predicted octanol–water partition coefficient (Wildman–Crippen LogP) is 18.1. The number of benzene rings is 13. The Balaban J connectivity index is 1.04. The zero-order valence-electron chi connectivity index (χ0n) is 35.1. The number of fused-ring (bicyclic) bond motifs is 8. The molecule has 0 heterocycles. The normalized spacial score (nSPS) is 11.8. The summed E-state index contributed by atoms with van der Waals surface area (Å²) in [6, 6.07) is 90.1. The van der Waals surface area contributed by atoms with Crippen LogP contribution < -0.4 is 0 Å². The third-order valence-electron chi connectivity index (χ3n) is 13.6. The number of hydrogen-bond acceptors (Lipinski definition) is 0. The van der Waals surface area contributed by atoms with Crippen molar-refractivity contribution >= 4 is 75.4 Å². The summed E-state index contributed by atoms with van der Waals surface area (Å²) >= 11 is 0. The maximum atomic E-state index is 2.47. The molecule has 0 spiro atoms. The zero-order valence-corrected chi connectivity index (χ0v) is 35.1. The van der Waals surface area contributed by atoms with Crippen LogP contribution in [0.2, 0.25) is 0 Å². The van der Waals surface area contributed by atoms with E-state index in [1.165, 1.54) is 131 Å². The summed E-state index contributed by atoms with van der Waals surface area (Å²) in [4.78, 5) is 0. The molecule has 0 aliphatic heterocycles. The lowest BCUT2D eigenvalue weighted by Gasteiger charge is -2.21. The first-order valence-corrected chi connectivity index (χ1v) is 22.2. The van der Waals surface area contributed by atoms with Gasteiger partial charge in [-0.2, -0.15) is 0 Å². The molecule has 0 aliphatic carbocycles. The van der Waals surface area contributed by atoms with Crippen LogP contribution in [0.1, 0.15) is 0 Å². The van der Waals surface area contributed by atoms with Crippen LogP contribution in [0, 0.1) is 0 Å². The summed E-state index contributed by atoms with van der Waals surface area (Å²) in [7, 11) is 0. The van der Waals surface area contributed by atoms with Gasteiger partial charge in [0.1, 0.15) is 0 Å². The third-order valence-corrected chi connectivity index (χ3v) is 13.6. The summed E-state index contributed by atoms with van der Waals surface area (Å²) in [6.07, 6.45) is 0. The van der Waals surface area contributed by atoms with Crippen LogP contribution in [-0.2, 0) is 0 Å². The van der Waals surface area contributed by atoms with E-state index in [4.69, 9.17) is 0 Å². The number of hydrogen-bond donors (Lipinski definition) is 0. The lowest BCUT2D eigenvalue weighted by Crippen LogP contribution is -1.94. The lowest BCUT2D eigenvalue weighted by molar-refractivity contribution is 1.63. The van der Waals surface area contributed by atoms with Crippen molar-refractivity contribution in [3.8, 4) is 55.6 Å². The quantitative estimate of drug-likeness (QED) is 0.120. The Morgan fingerprint density at radius 1 is 0.141 bits per heavy atom. The molecule has 0 saturated carbocycles. The molecule has 0 fully saturated rings. The molecule has 0 atom stereocenters. The molecular formula is C64H40. The highest BCUT2D eigenvalue weighted by Crippen LogP contribution is 2.49. The molecule has 0 bridgehead atoms. The van der Waals surface area contributed by atoms with Gasteiger partial charge in [0.15, 0.2) is 0 Å². The van der Waals surface area contributed by atoms with Crippen LogP contribution in [-0.4, -0.2) is 0 Å². The van der Waals surface area contributed by atoms with Crippen molar-refractivity contribution in [2.24, 2.45) is 0 Å². The van der Waals surface area contributed by atoms with E-state index in [0.29, 0.717) is 0 Å². The molecule has 13 aromatic rings. The summed E-state index contributed by atoms with van der Waals surface area (Å²) < 4.78 is 0. The summed E-state index contributed by atoms with van der Waals surface area (Å²) in [5, 5.41) is 17.5. The van der Waals surface area contributed by atoms with Gasteiger partial charge in [0.05, 0.1) is 0 Å². The van der Waals surface area contributed by atoms with Crippen LogP contribution in [0.15, 0.2) is 243 Å². The van der Waals surface area contributed by atoms with E-state index in [1.807, 2.05) is 0 Å². The van der Waals surface area contributed by atoms with Crippen molar-refractivity contribution in [1.29, 1.82) is 0 Å². The fraction of sp³-hybridized carbons (Fsp3) is 0. The Labute approximate surface area is 371 Å². The standard InChI is InChI=1S/C64H40/c1-4-16-46-37-49(32-27-41(46)13-1)44-25-30-45(31-26-44)61-55-21-9-11-23-57(55)62(58-24-12-10-22-56(58)61)52-35-36-59-60(40-52)53-19-7-8-20-54(53)63(50-33-28-42-14-2-5-17-47(42)38-50)64(59)51-34-29-43-15-3-6-18-48(43)39-51/h1-40H. The van der Waals surface area contributed by atoms with Crippen LogP contribution in [0.5, 0.6) is 0 Å². The van der Waals surface area contributed by atoms with Gasteiger partial charge in [-0.15, -0.1) is 0 Å². The minimum atomic E-state index is 1.21. The van der Waals surface area contributed by atoms with Gasteiger partial charge < -0.3 is 0 Å². The maximum absolute atomic E-state index is 2.47. The molecule has 0 heteroatoms. The maximum Gasteiger partial charge on any atom is -0.00201 e. The van der Waals surface area contributed by atoms with E-state index in [9.17, 15) is 0 Å². The van der Waals surface area contributed by atoms with Crippen molar-refractivity contribution < 1.29 is 0 Å². The molecule has 0 unspecified atom stereocenters. The van der Waals surface area contributed by atoms with Crippen molar-refractivity contribution in [2.75, 3.05) is 0 Å². The second kappa shape index (κ2) is 14.7. The van der Waals surface area contributed by atoms with Crippen molar-refractivity contribution in [3.05, 3.63) is 243 Å². The fourth-order valence-corrected chi connectivity index (χ4v) is 10.6. The van der Waals surface area contributed by atoms with Crippen LogP contribution in [0.25, 0.3) is 131 Å². The van der Waals surface area contributed by atoms with E-state index >= 15 is 0 Å². The highest BCUT2D eigenvalue weighted by Gasteiger charge is 2.21. The van der Waals surface area contributed by atoms with E-state index in [2.05, 4.69) is 243 Å². The van der Waals surface area contributed by atoms with Gasteiger partial charge in [-0.1, -0.05) is 218 Å². The van der Waals surface area contributed by atoms with Gasteiger partial charge in [-0.25, -0.2) is 0 Å². The lowest BCUT2D eigenvalue weighted by atomic mass is 9.82. The molecular weight excluding hydrogens is 769 g/mol. The molecule has 64 heavy (non-hydrogen) atoms. The first kappa shape index (κ1) is 36.3. The second-order valence-electron chi connectivity index (χ2n) is 17.2. The highest BCUT2D eigenvalue weighted by molar-refractivity contribution is 6.25. The Morgan fingerprint density at radius 2 is 0.438 bits per heavy atom. The summed E-state index contributed by atoms with van der Waals surface area (Å²) in [5.41, 5.74) is 12.4. The molecule has 0 radical (unpaired) electrons. The molecule has 0 aliphatic rings. The Hall–Kier alpha value is -8.32. The van der Waals surface area contributed by atoms with Gasteiger partial charge in [-0.3, -0.25) is 0 Å². The molecule has 13 aromatic carbocycles. The summed E-state index contributed by atoms with van der Waals surface area (Å²) in [5.74, 6) is 0. The van der Waals surface area contributed by atoms with Gasteiger partial charge >= 0.3 is 0 Å². The molecule has 296 valence electrons. The van der Waals surface area contributed by atoms with Crippen molar-refractivity contribution in [2.45, 2.75) is 0 Å². The third kappa shape index (κ3) is 5.84. The van der Waals surface area contributed by atoms with Gasteiger partial charge in [0, 0.05) is 0 Å². The topological polar surface area (TPSA) is 0 Å². The molecule has 0 aromatic heterocycles. The molecule has 0 saturated heterocycles. The Morgan fingerprint density at radius 3 is 0.922 bits per heavy atom. The minimum absolute atomic E-state index is 1.21. The van der Waals surface area contributed by atoms with Crippen LogP contribution >= 0.6 is 0 Å². The predicted molar refractivity (Wildman–Crippen MR) is 276 cm³/mol. The first-order chi connectivity index (χ1) is 31.7. The molecule has 0 nitrogen and oxygen atoms in total. The van der Waals surface area contributed by atoms with E-state index in [1.54, 1.807) is 0 Å². The second-order valence-corrected chi connectivity index (χ2v) is 17.2.